The fourth-order valence-electron chi connectivity index (χ4n) is 3.14. The lowest BCUT2D eigenvalue weighted by Crippen LogP contribution is -2.35. The van der Waals surface area contributed by atoms with Crippen LogP contribution < -0.4 is 0 Å². The van der Waals surface area contributed by atoms with Gasteiger partial charge in [-0.15, -0.1) is 0 Å². The number of aromatic nitrogens is 2. The molecule has 0 bridgehead atoms. The molecule has 1 N–H and O–H groups in total. The third-order valence-electron chi connectivity index (χ3n) is 4.50. The molecule has 1 aliphatic heterocycles. The number of nitrogens with one attached hydrogen (secondary N) is 1. The zero-order valence-electron chi connectivity index (χ0n) is 13.6. The van der Waals surface area contributed by atoms with Crippen LogP contribution in [0.3, 0.4) is 0 Å². The standard InChI is InChI=1S/C20H21N3O/c1-2-4-16(5-3-1)17-6-8-18(9-7-17)20-19(14-21-22-20)15-23-10-12-24-13-11-23/h1-9,14H,10-13,15H2,(H,21,22). The first-order chi connectivity index (χ1) is 11.9. The average molecular weight is 319 g/mol. The Kier molecular flexibility index (Phi) is 4.40. The fourth-order valence-corrected chi connectivity index (χ4v) is 3.14. The molecule has 1 fully saturated rings. The van der Waals surface area contributed by atoms with Gasteiger partial charge in [0.05, 0.1) is 25.1 Å². The molecule has 2 aromatic carbocycles. The van der Waals surface area contributed by atoms with Gasteiger partial charge in [-0.2, -0.15) is 5.10 Å². The van der Waals surface area contributed by atoms with Crippen molar-refractivity contribution in [1.82, 2.24) is 15.1 Å². The number of benzene rings is 2. The SMILES string of the molecule is c1ccc(-c2ccc(-c3[nH]ncc3CN3CCOCC3)cc2)cc1. The van der Waals surface area contributed by atoms with Crippen LogP contribution in [0.1, 0.15) is 5.56 Å². The Bertz CT molecular complexity index is 774. The highest BCUT2D eigenvalue weighted by Crippen LogP contribution is 2.26. The van der Waals surface area contributed by atoms with Crippen molar-refractivity contribution in [3.63, 3.8) is 0 Å². The van der Waals surface area contributed by atoms with Gasteiger partial charge in [-0.25, -0.2) is 0 Å². The molecule has 0 radical (unpaired) electrons. The molecule has 0 atom stereocenters. The van der Waals surface area contributed by atoms with Crippen LogP contribution in [0, 0.1) is 0 Å². The Balaban J connectivity index is 1.55. The summed E-state index contributed by atoms with van der Waals surface area (Å²) in [6, 6.07) is 19.1. The molecule has 1 aromatic heterocycles. The first kappa shape index (κ1) is 15.1. The van der Waals surface area contributed by atoms with Crippen molar-refractivity contribution in [2.24, 2.45) is 0 Å². The van der Waals surface area contributed by atoms with E-state index in [4.69, 9.17) is 4.74 Å². The Morgan fingerprint density at radius 3 is 2.29 bits per heavy atom. The molecule has 4 nitrogen and oxygen atoms in total. The van der Waals surface area contributed by atoms with Gasteiger partial charge in [0.1, 0.15) is 0 Å². The normalized spacial score (nSPS) is 15.5. The largest absolute Gasteiger partial charge is 0.379 e. The van der Waals surface area contributed by atoms with Crippen LogP contribution in [0.4, 0.5) is 0 Å². The number of aromatic amines is 1. The highest BCUT2D eigenvalue weighted by Gasteiger charge is 2.15. The van der Waals surface area contributed by atoms with Crippen LogP contribution in [-0.2, 0) is 11.3 Å². The van der Waals surface area contributed by atoms with Crippen molar-refractivity contribution in [3.8, 4) is 22.4 Å². The molecule has 0 amide bonds. The van der Waals surface area contributed by atoms with Gasteiger partial charge in [0.15, 0.2) is 0 Å². The summed E-state index contributed by atoms with van der Waals surface area (Å²) in [6.07, 6.45) is 1.94. The average Bonchev–Trinajstić information content (AvgIpc) is 3.11. The van der Waals surface area contributed by atoms with Gasteiger partial charge < -0.3 is 4.74 Å². The first-order valence-electron chi connectivity index (χ1n) is 8.38. The van der Waals surface area contributed by atoms with Crippen molar-refractivity contribution in [2.75, 3.05) is 26.3 Å². The van der Waals surface area contributed by atoms with E-state index in [1.807, 2.05) is 12.3 Å². The molecule has 4 heteroatoms. The number of hydrogen-bond acceptors (Lipinski definition) is 3. The van der Waals surface area contributed by atoms with Gasteiger partial charge in [0, 0.05) is 25.2 Å². The molecule has 2 heterocycles. The molecule has 4 rings (SSSR count). The number of nitrogens with zero attached hydrogens (tertiary/aromatic N) is 2. The molecular weight excluding hydrogens is 298 g/mol. The van der Waals surface area contributed by atoms with Crippen molar-refractivity contribution < 1.29 is 4.74 Å². The van der Waals surface area contributed by atoms with Crippen LogP contribution in [-0.4, -0.2) is 41.4 Å². The van der Waals surface area contributed by atoms with Gasteiger partial charge in [-0.3, -0.25) is 10.00 Å². The lowest BCUT2D eigenvalue weighted by molar-refractivity contribution is 0.0342. The Hall–Kier alpha value is -2.43. The second-order valence-electron chi connectivity index (χ2n) is 6.10. The molecule has 0 unspecified atom stereocenters. The Morgan fingerprint density at radius 2 is 1.54 bits per heavy atom. The Labute approximate surface area is 142 Å². The quantitative estimate of drug-likeness (QED) is 0.799. The maximum absolute atomic E-state index is 5.42. The smallest absolute Gasteiger partial charge is 0.0695 e. The van der Waals surface area contributed by atoms with E-state index in [0.29, 0.717) is 0 Å². The van der Waals surface area contributed by atoms with Crippen LogP contribution in [0.25, 0.3) is 22.4 Å². The fraction of sp³-hybridized carbons (Fsp3) is 0.250. The monoisotopic (exact) mass is 319 g/mol. The van der Waals surface area contributed by atoms with Gasteiger partial charge in [0.2, 0.25) is 0 Å². The first-order valence-corrected chi connectivity index (χ1v) is 8.38. The van der Waals surface area contributed by atoms with E-state index < -0.39 is 0 Å². The van der Waals surface area contributed by atoms with E-state index in [1.54, 1.807) is 0 Å². The molecule has 1 saturated heterocycles. The Morgan fingerprint density at radius 1 is 0.875 bits per heavy atom. The number of H-pyrrole nitrogens is 1. The minimum absolute atomic E-state index is 0.818. The van der Waals surface area contributed by atoms with Gasteiger partial charge in [-0.05, 0) is 16.7 Å². The summed E-state index contributed by atoms with van der Waals surface area (Å²) in [5.41, 5.74) is 6.00. The molecule has 3 aromatic rings. The lowest BCUT2D eigenvalue weighted by atomic mass is 10.0. The zero-order valence-corrected chi connectivity index (χ0v) is 13.6. The lowest BCUT2D eigenvalue weighted by Gasteiger charge is -2.26. The van der Waals surface area contributed by atoms with E-state index in [9.17, 15) is 0 Å². The second-order valence-corrected chi connectivity index (χ2v) is 6.10. The molecule has 0 spiro atoms. The summed E-state index contributed by atoms with van der Waals surface area (Å²) in [5.74, 6) is 0. The van der Waals surface area contributed by atoms with E-state index in [-0.39, 0.29) is 0 Å². The second kappa shape index (κ2) is 6.99. The molecular formula is C20H21N3O. The highest BCUT2D eigenvalue weighted by molar-refractivity contribution is 5.69. The van der Waals surface area contributed by atoms with Crippen LogP contribution >= 0.6 is 0 Å². The van der Waals surface area contributed by atoms with Crippen LogP contribution in [0.2, 0.25) is 0 Å². The predicted molar refractivity (Wildman–Crippen MR) is 95.6 cm³/mol. The number of ether oxygens (including phenoxy) is 1. The molecule has 122 valence electrons. The number of rotatable bonds is 4. The maximum atomic E-state index is 5.42. The molecule has 24 heavy (non-hydrogen) atoms. The summed E-state index contributed by atoms with van der Waals surface area (Å²) in [6.45, 7) is 4.52. The third kappa shape index (κ3) is 3.25. The molecule has 0 aliphatic carbocycles. The summed E-state index contributed by atoms with van der Waals surface area (Å²) < 4.78 is 5.42. The summed E-state index contributed by atoms with van der Waals surface area (Å²) >= 11 is 0. The van der Waals surface area contributed by atoms with E-state index in [2.05, 4.69) is 63.6 Å². The maximum Gasteiger partial charge on any atom is 0.0695 e. The molecule has 0 saturated carbocycles. The summed E-state index contributed by atoms with van der Waals surface area (Å²) in [7, 11) is 0. The zero-order chi connectivity index (χ0) is 16.2. The van der Waals surface area contributed by atoms with E-state index >= 15 is 0 Å². The third-order valence-corrected chi connectivity index (χ3v) is 4.50. The minimum atomic E-state index is 0.818. The van der Waals surface area contributed by atoms with Crippen molar-refractivity contribution in [2.45, 2.75) is 6.54 Å². The van der Waals surface area contributed by atoms with Crippen molar-refractivity contribution in [1.29, 1.82) is 0 Å². The predicted octanol–water partition coefficient (Wildman–Crippen LogP) is 3.58. The van der Waals surface area contributed by atoms with Gasteiger partial charge in [0.25, 0.3) is 0 Å². The van der Waals surface area contributed by atoms with Crippen molar-refractivity contribution >= 4 is 0 Å². The number of hydrogen-bond donors (Lipinski definition) is 1. The van der Waals surface area contributed by atoms with E-state index in [1.165, 1.54) is 22.3 Å². The van der Waals surface area contributed by atoms with Gasteiger partial charge in [-0.1, -0.05) is 54.6 Å². The van der Waals surface area contributed by atoms with Crippen LogP contribution in [0.15, 0.2) is 60.8 Å². The highest BCUT2D eigenvalue weighted by atomic mass is 16.5. The topological polar surface area (TPSA) is 41.2 Å². The van der Waals surface area contributed by atoms with Crippen molar-refractivity contribution in [3.05, 3.63) is 66.4 Å². The number of morpholine rings is 1. The summed E-state index contributed by atoms with van der Waals surface area (Å²) in [4.78, 5) is 2.41. The van der Waals surface area contributed by atoms with Crippen LogP contribution in [0.5, 0.6) is 0 Å². The minimum Gasteiger partial charge on any atom is -0.379 e. The van der Waals surface area contributed by atoms with E-state index in [0.717, 1.165) is 38.5 Å². The molecule has 1 aliphatic rings. The summed E-state index contributed by atoms with van der Waals surface area (Å²) in [5, 5.41) is 7.42. The van der Waals surface area contributed by atoms with Gasteiger partial charge >= 0.3 is 0 Å².